The van der Waals surface area contributed by atoms with Gasteiger partial charge in [0.15, 0.2) is 0 Å². The van der Waals surface area contributed by atoms with Crippen LogP contribution in [0.5, 0.6) is 0 Å². The number of carbonyl (C=O) groups is 1. The van der Waals surface area contributed by atoms with E-state index in [9.17, 15) is 17.6 Å². The van der Waals surface area contributed by atoms with Gasteiger partial charge in [0.2, 0.25) is 15.9 Å². The molecule has 146 valence electrons. The second kappa shape index (κ2) is 7.91. The molecule has 0 aliphatic rings. The molecule has 0 unspecified atom stereocenters. The van der Waals surface area contributed by atoms with Gasteiger partial charge < -0.3 is 5.32 Å². The van der Waals surface area contributed by atoms with E-state index in [0.29, 0.717) is 5.69 Å². The van der Waals surface area contributed by atoms with Crippen molar-refractivity contribution in [2.45, 2.75) is 24.8 Å². The van der Waals surface area contributed by atoms with Gasteiger partial charge in [0.25, 0.3) is 0 Å². The van der Waals surface area contributed by atoms with Gasteiger partial charge in [-0.1, -0.05) is 18.2 Å². The first kappa shape index (κ1) is 19.7. The van der Waals surface area contributed by atoms with E-state index < -0.39 is 32.7 Å². The number of hydrogen-bond acceptors (Lipinski definition) is 4. The molecule has 1 aromatic heterocycles. The summed E-state index contributed by atoms with van der Waals surface area (Å²) in [4.78, 5) is 11.9. The molecule has 0 saturated carbocycles. The van der Waals surface area contributed by atoms with Crippen LogP contribution < -0.4 is 10.0 Å². The molecule has 0 fully saturated rings. The molecule has 0 saturated heterocycles. The monoisotopic (exact) mass is 402 g/mol. The topological polar surface area (TPSA) is 93.1 Å². The van der Waals surface area contributed by atoms with Crippen LogP contribution in [0, 0.1) is 12.7 Å². The summed E-state index contributed by atoms with van der Waals surface area (Å²) < 4.78 is 42.3. The third kappa shape index (κ3) is 4.26. The number of aromatic nitrogens is 2. The highest BCUT2D eigenvalue weighted by atomic mass is 32.2. The summed E-state index contributed by atoms with van der Waals surface area (Å²) in [7, 11) is -4.18. The molecule has 3 rings (SSSR count). The molecule has 3 aromatic rings. The average molecular weight is 402 g/mol. The number of rotatable bonds is 6. The van der Waals surface area contributed by atoms with E-state index in [0.717, 1.165) is 23.5 Å². The number of sulfonamides is 1. The van der Waals surface area contributed by atoms with Gasteiger partial charge in [-0.05, 0) is 50.2 Å². The van der Waals surface area contributed by atoms with Crippen LogP contribution >= 0.6 is 0 Å². The lowest BCUT2D eigenvalue weighted by Crippen LogP contribution is -2.41. The molecule has 0 spiro atoms. The quantitative estimate of drug-likeness (QED) is 0.663. The average Bonchev–Trinajstić information content (AvgIpc) is 3.07. The first-order valence-electron chi connectivity index (χ1n) is 8.47. The minimum absolute atomic E-state index is 0.481. The molecule has 0 aliphatic carbocycles. The Labute approximate surface area is 162 Å². The highest BCUT2D eigenvalue weighted by Crippen LogP contribution is 2.17. The fraction of sp³-hybridized carbons (Fsp3) is 0.158. The molecular weight excluding hydrogens is 383 g/mol. The summed E-state index contributed by atoms with van der Waals surface area (Å²) in [5.41, 5.74) is 2.16. The lowest BCUT2D eigenvalue weighted by Gasteiger charge is -2.15. The van der Waals surface area contributed by atoms with Gasteiger partial charge in [0.05, 0.1) is 11.7 Å². The number of hydrogen-bond donors (Lipinski definition) is 2. The van der Waals surface area contributed by atoms with E-state index in [4.69, 9.17) is 0 Å². The summed E-state index contributed by atoms with van der Waals surface area (Å²) in [6, 6.07) is 12.7. The first-order valence-corrected chi connectivity index (χ1v) is 9.95. The van der Waals surface area contributed by atoms with Crippen molar-refractivity contribution in [1.82, 2.24) is 14.5 Å². The van der Waals surface area contributed by atoms with Crippen LogP contribution in [-0.2, 0) is 14.8 Å². The summed E-state index contributed by atoms with van der Waals surface area (Å²) in [6.07, 6.45) is 1.67. The fourth-order valence-corrected chi connectivity index (χ4v) is 3.90. The fourth-order valence-electron chi connectivity index (χ4n) is 2.62. The Balaban J connectivity index is 1.73. The summed E-state index contributed by atoms with van der Waals surface area (Å²) in [6.45, 7) is 3.28. The van der Waals surface area contributed by atoms with Crippen molar-refractivity contribution in [1.29, 1.82) is 0 Å². The largest absolute Gasteiger partial charge is 0.325 e. The molecule has 1 atom stereocenters. The molecule has 2 aromatic carbocycles. The Morgan fingerprint density at radius 3 is 2.57 bits per heavy atom. The van der Waals surface area contributed by atoms with Crippen LogP contribution in [0.15, 0.2) is 65.7 Å². The summed E-state index contributed by atoms with van der Waals surface area (Å²) in [5.74, 6) is -1.46. The first-order chi connectivity index (χ1) is 13.3. The van der Waals surface area contributed by atoms with Crippen molar-refractivity contribution in [3.63, 3.8) is 0 Å². The Kier molecular flexibility index (Phi) is 5.57. The number of carbonyl (C=O) groups excluding carboxylic acids is 1. The lowest BCUT2D eigenvalue weighted by molar-refractivity contribution is -0.117. The number of amides is 1. The zero-order valence-electron chi connectivity index (χ0n) is 15.3. The molecule has 2 N–H and O–H groups in total. The van der Waals surface area contributed by atoms with Crippen molar-refractivity contribution >= 4 is 21.6 Å². The van der Waals surface area contributed by atoms with Gasteiger partial charge in [0.1, 0.15) is 10.7 Å². The molecule has 0 aliphatic heterocycles. The van der Waals surface area contributed by atoms with Gasteiger partial charge in [-0.15, -0.1) is 0 Å². The van der Waals surface area contributed by atoms with Crippen LogP contribution in [0.2, 0.25) is 0 Å². The van der Waals surface area contributed by atoms with Crippen LogP contribution in [0.4, 0.5) is 10.1 Å². The summed E-state index contributed by atoms with van der Waals surface area (Å²) in [5, 5.41) is 6.86. The predicted octanol–water partition coefficient (Wildman–Crippen LogP) is 2.63. The minimum Gasteiger partial charge on any atom is -0.325 e. The van der Waals surface area contributed by atoms with Crippen LogP contribution in [-0.4, -0.2) is 30.1 Å². The maximum atomic E-state index is 13.8. The lowest BCUT2D eigenvalue weighted by atomic mass is 10.2. The Hall–Kier alpha value is -3.04. The van der Waals surface area contributed by atoms with Crippen molar-refractivity contribution in [2.75, 3.05) is 5.32 Å². The van der Waals surface area contributed by atoms with E-state index in [-0.39, 0.29) is 0 Å². The summed E-state index contributed by atoms with van der Waals surface area (Å²) >= 11 is 0. The number of benzene rings is 2. The van der Waals surface area contributed by atoms with E-state index in [1.54, 1.807) is 29.1 Å². The van der Waals surface area contributed by atoms with Gasteiger partial charge in [-0.2, -0.15) is 9.82 Å². The van der Waals surface area contributed by atoms with Gasteiger partial charge in [0, 0.05) is 17.6 Å². The predicted molar refractivity (Wildman–Crippen MR) is 103 cm³/mol. The van der Waals surface area contributed by atoms with Gasteiger partial charge in [-0.25, -0.2) is 17.5 Å². The molecule has 0 bridgehead atoms. The van der Waals surface area contributed by atoms with E-state index >= 15 is 0 Å². The molecule has 9 heteroatoms. The van der Waals surface area contributed by atoms with Crippen molar-refractivity contribution < 1.29 is 17.6 Å². The third-order valence-corrected chi connectivity index (χ3v) is 5.62. The second-order valence-electron chi connectivity index (χ2n) is 6.20. The van der Waals surface area contributed by atoms with Gasteiger partial charge in [-0.3, -0.25) is 4.79 Å². The van der Waals surface area contributed by atoms with E-state index in [2.05, 4.69) is 15.1 Å². The Morgan fingerprint density at radius 1 is 1.14 bits per heavy atom. The Morgan fingerprint density at radius 2 is 1.89 bits per heavy atom. The molecule has 1 amide bonds. The molecule has 1 heterocycles. The zero-order chi connectivity index (χ0) is 20.3. The third-order valence-electron chi connectivity index (χ3n) is 4.04. The normalized spacial score (nSPS) is 12.5. The number of halogens is 1. The maximum absolute atomic E-state index is 13.8. The molecule has 0 radical (unpaired) electrons. The van der Waals surface area contributed by atoms with Crippen LogP contribution in [0.3, 0.4) is 0 Å². The second-order valence-corrected chi connectivity index (χ2v) is 7.88. The van der Waals surface area contributed by atoms with Gasteiger partial charge >= 0.3 is 0 Å². The number of nitrogens with zero attached hydrogens (tertiary/aromatic N) is 2. The van der Waals surface area contributed by atoms with Crippen LogP contribution in [0.25, 0.3) is 5.69 Å². The number of anilines is 1. The standard InChI is InChI=1S/C19H19FN4O3S/c1-13-10-11-21-24(13)16-7-5-6-15(12-16)22-19(25)14(2)23-28(26,27)18-9-4-3-8-17(18)20/h3-12,14,23H,1-2H3,(H,22,25)/t14-/m0/s1. The molecule has 7 nitrogen and oxygen atoms in total. The number of aryl methyl sites for hydroxylation is 1. The molecular formula is C19H19FN4O3S. The molecule has 28 heavy (non-hydrogen) atoms. The highest BCUT2D eigenvalue weighted by Gasteiger charge is 2.24. The zero-order valence-corrected chi connectivity index (χ0v) is 16.1. The van der Waals surface area contributed by atoms with Crippen LogP contribution in [0.1, 0.15) is 12.6 Å². The van der Waals surface area contributed by atoms with Crippen molar-refractivity contribution in [3.05, 3.63) is 72.3 Å². The highest BCUT2D eigenvalue weighted by molar-refractivity contribution is 7.89. The van der Waals surface area contributed by atoms with Crippen molar-refractivity contribution in [3.8, 4) is 5.69 Å². The minimum atomic E-state index is -4.18. The number of nitrogens with one attached hydrogen (secondary N) is 2. The SMILES string of the molecule is Cc1ccnn1-c1cccc(NC(=O)[C@H](C)NS(=O)(=O)c2ccccc2F)c1. The smallest absolute Gasteiger partial charge is 0.244 e. The van der Waals surface area contributed by atoms with Crippen molar-refractivity contribution in [2.24, 2.45) is 0 Å². The van der Waals surface area contributed by atoms with E-state index in [1.165, 1.54) is 19.1 Å². The maximum Gasteiger partial charge on any atom is 0.244 e. The Bertz CT molecular complexity index is 1110. The van der Waals surface area contributed by atoms with E-state index in [1.807, 2.05) is 19.1 Å².